The molecule has 0 heterocycles. The zero-order valence-electron chi connectivity index (χ0n) is 12.0. The third-order valence-corrected chi connectivity index (χ3v) is 3.67. The Kier molecular flexibility index (Phi) is 7.88. The largest absolute Gasteiger partial charge is 0.354 e. The van der Waals surface area contributed by atoms with Crippen LogP contribution in [0.2, 0.25) is 0 Å². The van der Waals surface area contributed by atoms with Crippen LogP contribution in [0.3, 0.4) is 0 Å². The van der Waals surface area contributed by atoms with Gasteiger partial charge in [0.1, 0.15) is 0 Å². The van der Waals surface area contributed by atoms with Crippen LogP contribution in [0.4, 0.5) is 0 Å². The van der Waals surface area contributed by atoms with Crippen molar-refractivity contribution in [1.82, 2.24) is 5.32 Å². The van der Waals surface area contributed by atoms with Crippen LogP contribution < -0.4 is 11.1 Å². The molecule has 18 heavy (non-hydrogen) atoms. The van der Waals surface area contributed by atoms with Gasteiger partial charge >= 0.3 is 0 Å². The first-order chi connectivity index (χ1) is 7.92. The van der Waals surface area contributed by atoms with Gasteiger partial charge in [0, 0.05) is 18.0 Å². The van der Waals surface area contributed by atoms with Gasteiger partial charge in [0.2, 0.25) is 5.91 Å². The average molecular weight is 277 g/mol. The van der Waals surface area contributed by atoms with Crippen LogP contribution in [-0.2, 0) is 4.79 Å². The van der Waals surface area contributed by atoms with Crippen molar-refractivity contribution < 1.29 is 4.79 Å². The monoisotopic (exact) mass is 276 g/mol. The number of nitrogens with two attached hydrogens (primary N) is 1. The number of amides is 1. The zero-order valence-corrected chi connectivity index (χ0v) is 12.8. The van der Waals surface area contributed by atoms with Gasteiger partial charge in [-0.3, -0.25) is 4.79 Å². The highest BCUT2D eigenvalue weighted by Gasteiger charge is 2.24. The molecule has 1 saturated carbocycles. The van der Waals surface area contributed by atoms with Crippen molar-refractivity contribution in [2.45, 2.75) is 64.8 Å². The van der Waals surface area contributed by atoms with Crippen molar-refractivity contribution in [2.24, 2.45) is 17.6 Å². The summed E-state index contributed by atoms with van der Waals surface area (Å²) in [7, 11) is 0. The van der Waals surface area contributed by atoms with E-state index in [1.54, 1.807) is 0 Å². The predicted octanol–water partition coefficient (Wildman–Crippen LogP) is 2.87. The maximum absolute atomic E-state index is 12.0. The molecule has 1 fully saturated rings. The van der Waals surface area contributed by atoms with Crippen LogP contribution in [0.15, 0.2) is 0 Å². The van der Waals surface area contributed by atoms with Crippen LogP contribution in [0.1, 0.15) is 59.3 Å². The molecule has 1 aliphatic rings. The van der Waals surface area contributed by atoms with Gasteiger partial charge in [0.05, 0.1) is 0 Å². The van der Waals surface area contributed by atoms with Crippen LogP contribution in [0, 0.1) is 11.8 Å². The van der Waals surface area contributed by atoms with E-state index in [-0.39, 0.29) is 29.8 Å². The lowest BCUT2D eigenvalue weighted by Crippen LogP contribution is -2.46. The van der Waals surface area contributed by atoms with Crippen molar-refractivity contribution in [1.29, 1.82) is 0 Å². The first kappa shape index (κ1) is 17.7. The van der Waals surface area contributed by atoms with E-state index < -0.39 is 0 Å². The Balaban J connectivity index is 0.00000289. The maximum atomic E-state index is 12.0. The second-order valence-electron chi connectivity index (χ2n) is 6.20. The average Bonchev–Trinajstić information content (AvgIpc) is 2.74. The molecule has 1 rings (SSSR count). The van der Waals surface area contributed by atoms with Gasteiger partial charge < -0.3 is 11.1 Å². The van der Waals surface area contributed by atoms with Gasteiger partial charge in [0.25, 0.3) is 0 Å². The Bertz CT molecular complexity index is 245. The molecule has 0 saturated heterocycles. The van der Waals surface area contributed by atoms with Crippen LogP contribution in [-0.4, -0.2) is 18.0 Å². The van der Waals surface area contributed by atoms with E-state index in [2.05, 4.69) is 12.2 Å². The Morgan fingerprint density at radius 3 is 2.39 bits per heavy atom. The van der Waals surface area contributed by atoms with E-state index in [1.807, 2.05) is 13.8 Å². The summed E-state index contributed by atoms with van der Waals surface area (Å²) in [5.41, 5.74) is 5.56. The standard InChI is InChI=1S/C14H28N2O.ClH/c1-4-12(9-11-7-5-6-8-11)13(17)16-10-14(2,3)15;/h11-12H,4-10,15H2,1-3H3,(H,16,17);1H. The summed E-state index contributed by atoms with van der Waals surface area (Å²) in [4.78, 5) is 12.0. The normalized spacial score (nSPS) is 18.2. The molecule has 108 valence electrons. The third kappa shape index (κ3) is 6.60. The van der Waals surface area contributed by atoms with E-state index in [0.717, 1.165) is 18.8 Å². The van der Waals surface area contributed by atoms with Crippen LogP contribution >= 0.6 is 12.4 Å². The quantitative estimate of drug-likeness (QED) is 0.784. The summed E-state index contributed by atoms with van der Waals surface area (Å²) in [5.74, 6) is 1.15. The van der Waals surface area contributed by atoms with E-state index in [4.69, 9.17) is 5.73 Å². The minimum absolute atomic E-state index is 0. The van der Waals surface area contributed by atoms with Gasteiger partial charge in [-0.05, 0) is 32.6 Å². The fraction of sp³-hybridized carbons (Fsp3) is 0.929. The molecule has 1 aliphatic carbocycles. The van der Waals surface area contributed by atoms with Crippen molar-refractivity contribution in [3.05, 3.63) is 0 Å². The molecule has 3 N–H and O–H groups in total. The summed E-state index contributed by atoms with van der Waals surface area (Å²) in [6.07, 6.45) is 7.32. The topological polar surface area (TPSA) is 55.1 Å². The number of hydrogen-bond donors (Lipinski definition) is 2. The van der Waals surface area contributed by atoms with Crippen molar-refractivity contribution >= 4 is 18.3 Å². The summed E-state index contributed by atoms with van der Waals surface area (Å²) >= 11 is 0. The molecule has 0 spiro atoms. The molecular weight excluding hydrogens is 248 g/mol. The number of rotatable bonds is 6. The van der Waals surface area contributed by atoms with E-state index in [9.17, 15) is 4.79 Å². The summed E-state index contributed by atoms with van der Waals surface area (Å²) in [6.45, 7) is 6.54. The molecule has 1 atom stereocenters. The summed E-state index contributed by atoms with van der Waals surface area (Å²) in [6, 6.07) is 0. The number of hydrogen-bond acceptors (Lipinski definition) is 2. The highest BCUT2D eigenvalue weighted by molar-refractivity contribution is 5.85. The first-order valence-corrected chi connectivity index (χ1v) is 6.99. The molecule has 3 nitrogen and oxygen atoms in total. The SMILES string of the molecule is CCC(CC1CCCC1)C(=O)NCC(C)(C)N.Cl. The second kappa shape index (κ2) is 8.00. The van der Waals surface area contributed by atoms with Crippen LogP contribution in [0.5, 0.6) is 0 Å². The Morgan fingerprint density at radius 2 is 1.94 bits per heavy atom. The number of carbonyl (C=O) groups excluding carboxylic acids is 1. The summed E-state index contributed by atoms with van der Waals surface area (Å²) < 4.78 is 0. The zero-order chi connectivity index (χ0) is 12.9. The van der Waals surface area contributed by atoms with E-state index >= 15 is 0 Å². The molecule has 0 aromatic carbocycles. The van der Waals surface area contributed by atoms with Gasteiger partial charge in [-0.25, -0.2) is 0 Å². The van der Waals surface area contributed by atoms with Crippen LogP contribution in [0.25, 0.3) is 0 Å². The molecule has 0 radical (unpaired) electrons. The third-order valence-electron chi connectivity index (χ3n) is 3.67. The lowest BCUT2D eigenvalue weighted by molar-refractivity contribution is -0.125. The molecule has 0 bridgehead atoms. The van der Waals surface area contributed by atoms with E-state index in [1.165, 1.54) is 25.7 Å². The highest BCUT2D eigenvalue weighted by atomic mass is 35.5. The first-order valence-electron chi connectivity index (χ1n) is 6.99. The fourth-order valence-corrected chi connectivity index (χ4v) is 2.57. The van der Waals surface area contributed by atoms with Gasteiger partial charge in [0.15, 0.2) is 0 Å². The fourth-order valence-electron chi connectivity index (χ4n) is 2.57. The molecule has 0 aromatic heterocycles. The van der Waals surface area contributed by atoms with Crippen molar-refractivity contribution in [3.63, 3.8) is 0 Å². The lowest BCUT2D eigenvalue weighted by atomic mass is 9.90. The number of nitrogens with one attached hydrogen (secondary N) is 1. The van der Waals surface area contributed by atoms with Gasteiger partial charge in [-0.1, -0.05) is 32.6 Å². The number of halogens is 1. The van der Waals surface area contributed by atoms with Gasteiger partial charge in [-0.15, -0.1) is 12.4 Å². The minimum Gasteiger partial charge on any atom is -0.354 e. The smallest absolute Gasteiger partial charge is 0.223 e. The predicted molar refractivity (Wildman–Crippen MR) is 78.9 cm³/mol. The van der Waals surface area contributed by atoms with Gasteiger partial charge in [-0.2, -0.15) is 0 Å². The minimum atomic E-state index is -0.318. The van der Waals surface area contributed by atoms with Crippen molar-refractivity contribution in [3.8, 4) is 0 Å². The maximum Gasteiger partial charge on any atom is 0.223 e. The van der Waals surface area contributed by atoms with E-state index in [0.29, 0.717) is 6.54 Å². The molecule has 1 unspecified atom stereocenters. The Morgan fingerprint density at radius 1 is 1.39 bits per heavy atom. The summed E-state index contributed by atoms with van der Waals surface area (Å²) in [5, 5.41) is 2.98. The molecular formula is C14H29ClN2O. The molecule has 0 aliphatic heterocycles. The molecule has 4 heteroatoms. The Labute approximate surface area is 118 Å². The van der Waals surface area contributed by atoms with Crippen molar-refractivity contribution in [2.75, 3.05) is 6.54 Å². The Hall–Kier alpha value is -0.280. The second-order valence-corrected chi connectivity index (χ2v) is 6.20. The molecule has 1 amide bonds. The molecule has 0 aromatic rings. The highest BCUT2D eigenvalue weighted by Crippen LogP contribution is 2.31. The number of carbonyl (C=O) groups is 1. The lowest BCUT2D eigenvalue weighted by Gasteiger charge is -2.23.